The molecule has 0 bridgehead atoms. The number of aryl methyl sites for hydroxylation is 2. The highest BCUT2D eigenvalue weighted by Gasteiger charge is 2.16. The van der Waals surface area contributed by atoms with Gasteiger partial charge < -0.3 is 23.2 Å². The molecule has 30 heavy (non-hydrogen) atoms. The molecule has 4 rings (SSSR count). The first kappa shape index (κ1) is 19.5. The van der Waals surface area contributed by atoms with Crippen molar-refractivity contribution in [1.29, 1.82) is 0 Å². The Labute approximate surface area is 172 Å². The van der Waals surface area contributed by atoms with E-state index in [1.807, 2.05) is 32.0 Å². The zero-order valence-electron chi connectivity index (χ0n) is 16.8. The highest BCUT2D eigenvalue weighted by Crippen LogP contribution is 2.30. The molecule has 0 atom stereocenters. The zero-order valence-corrected chi connectivity index (χ0v) is 16.8. The van der Waals surface area contributed by atoms with Crippen molar-refractivity contribution >= 4 is 17.1 Å². The van der Waals surface area contributed by atoms with Crippen LogP contribution in [-0.4, -0.2) is 23.2 Å². The molecule has 2 aromatic heterocycles. The van der Waals surface area contributed by atoms with Crippen LogP contribution in [0.5, 0.6) is 11.5 Å². The van der Waals surface area contributed by atoms with Gasteiger partial charge in [-0.15, -0.1) is 0 Å². The van der Waals surface area contributed by atoms with Crippen molar-refractivity contribution in [2.75, 3.05) is 7.11 Å². The smallest absolute Gasteiger partial charge is 0.338 e. The Morgan fingerprint density at radius 3 is 2.63 bits per heavy atom. The summed E-state index contributed by atoms with van der Waals surface area (Å²) in [5, 5.41) is 3.91. The van der Waals surface area contributed by atoms with Crippen LogP contribution in [-0.2, 0) is 18.0 Å². The first-order valence-corrected chi connectivity index (χ1v) is 9.29. The van der Waals surface area contributed by atoms with Crippen molar-refractivity contribution in [2.45, 2.75) is 27.1 Å². The van der Waals surface area contributed by atoms with Gasteiger partial charge in [-0.1, -0.05) is 17.3 Å². The summed E-state index contributed by atoms with van der Waals surface area (Å²) in [6, 6.07) is 12.2. The van der Waals surface area contributed by atoms with E-state index in [0.29, 0.717) is 39.8 Å². The van der Waals surface area contributed by atoms with Gasteiger partial charge in [0, 0.05) is 0 Å². The number of para-hydroxylation sites is 2. The Hall–Kier alpha value is -3.81. The summed E-state index contributed by atoms with van der Waals surface area (Å²) in [6.07, 6.45) is 0. The number of benzene rings is 2. The number of methoxy groups -OCH3 is 1. The van der Waals surface area contributed by atoms with E-state index in [1.54, 1.807) is 24.3 Å². The maximum atomic E-state index is 12.4. The highest BCUT2D eigenvalue weighted by molar-refractivity contribution is 5.90. The predicted molar refractivity (Wildman–Crippen MR) is 106 cm³/mol. The normalized spacial score (nSPS) is 10.9. The van der Waals surface area contributed by atoms with E-state index in [-0.39, 0.29) is 13.2 Å². The van der Waals surface area contributed by atoms with Crippen LogP contribution in [0, 0.1) is 13.8 Å². The Bertz CT molecular complexity index is 1140. The summed E-state index contributed by atoms with van der Waals surface area (Å²) in [5.41, 5.74) is 3.33. The van der Waals surface area contributed by atoms with Crippen LogP contribution in [0.2, 0.25) is 0 Å². The number of oxazole rings is 1. The molecule has 0 N–H and O–H groups in total. The van der Waals surface area contributed by atoms with E-state index in [2.05, 4.69) is 10.1 Å². The molecule has 0 unspecified atom stereocenters. The number of hydrogen-bond donors (Lipinski definition) is 0. The van der Waals surface area contributed by atoms with E-state index >= 15 is 0 Å². The van der Waals surface area contributed by atoms with Crippen LogP contribution in [0.15, 0.2) is 51.4 Å². The van der Waals surface area contributed by atoms with E-state index in [9.17, 15) is 4.79 Å². The van der Waals surface area contributed by atoms with Gasteiger partial charge in [-0.05, 0) is 44.2 Å². The van der Waals surface area contributed by atoms with Gasteiger partial charge in [0.25, 0.3) is 0 Å². The van der Waals surface area contributed by atoms with Gasteiger partial charge in [0.1, 0.15) is 17.9 Å². The van der Waals surface area contributed by atoms with Crippen LogP contribution < -0.4 is 9.47 Å². The summed E-state index contributed by atoms with van der Waals surface area (Å²) < 4.78 is 27.2. The third kappa shape index (κ3) is 3.98. The average molecular weight is 408 g/mol. The zero-order chi connectivity index (χ0) is 21.1. The Morgan fingerprint density at radius 2 is 1.90 bits per heavy atom. The maximum absolute atomic E-state index is 12.4. The average Bonchev–Trinajstić information content (AvgIpc) is 3.32. The fourth-order valence-corrected chi connectivity index (χ4v) is 2.96. The summed E-state index contributed by atoms with van der Waals surface area (Å²) >= 11 is 0. The molecule has 8 heteroatoms. The number of nitrogens with zero attached hydrogens (tertiary/aromatic N) is 2. The highest BCUT2D eigenvalue weighted by atomic mass is 16.5. The van der Waals surface area contributed by atoms with Crippen LogP contribution in [0.25, 0.3) is 11.1 Å². The van der Waals surface area contributed by atoms with Crippen LogP contribution >= 0.6 is 0 Å². The predicted octanol–water partition coefficient (Wildman–Crippen LogP) is 4.38. The van der Waals surface area contributed by atoms with Gasteiger partial charge >= 0.3 is 5.97 Å². The summed E-state index contributed by atoms with van der Waals surface area (Å²) in [6.45, 7) is 3.88. The molecule has 0 aliphatic rings. The van der Waals surface area contributed by atoms with Crippen LogP contribution in [0.3, 0.4) is 0 Å². The number of esters is 1. The minimum Gasteiger partial charge on any atom is -0.493 e. The lowest BCUT2D eigenvalue weighted by atomic mass is 10.2. The maximum Gasteiger partial charge on any atom is 0.338 e. The third-order valence-corrected chi connectivity index (χ3v) is 4.62. The fraction of sp³-hybridized carbons (Fsp3) is 0.227. The van der Waals surface area contributed by atoms with Crippen molar-refractivity contribution < 1.29 is 27.9 Å². The molecule has 0 saturated heterocycles. The number of aromatic nitrogens is 2. The molecule has 0 aliphatic carbocycles. The monoisotopic (exact) mass is 408 g/mol. The first-order valence-electron chi connectivity index (χ1n) is 9.29. The number of fused-ring (bicyclic) bond motifs is 1. The topological polar surface area (TPSA) is 96.8 Å². The van der Waals surface area contributed by atoms with Gasteiger partial charge in [0.2, 0.25) is 5.89 Å². The van der Waals surface area contributed by atoms with Crippen LogP contribution in [0.1, 0.15) is 33.3 Å². The summed E-state index contributed by atoms with van der Waals surface area (Å²) in [4.78, 5) is 16.7. The lowest BCUT2D eigenvalue weighted by Gasteiger charge is -2.12. The molecule has 4 aromatic rings. The minimum atomic E-state index is -0.521. The fourth-order valence-electron chi connectivity index (χ4n) is 2.96. The molecule has 0 saturated carbocycles. The number of ether oxygens (including phenoxy) is 3. The van der Waals surface area contributed by atoms with Gasteiger partial charge in [0.15, 0.2) is 23.7 Å². The van der Waals surface area contributed by atoms with Gasteiger partial charge in [-0.2, -0.15) is 0 Å². The lowest BCUT2D eigenvalue weighted by molar-refractivity contribution is 0.0440. The van der Waals surface area contributed by atoms with E-state index in [4.69, 9.17) is 23.2 Å². The minimum absolute atomic E-state index is 0.0693. The standard InChI is InChI=1S/C22H20N2O6/c1-13-16(14(2)30-24-13)11-27-19-9-8-15(10-20(19)26-3)22(25)28-12-21-23-17-6-4-5-7-18(17)29-21/h4-10H,11-12H2,1-3H3. The molecule has 0 spiro atoms. The van der Waals surface area contributed by atoms with Gasteiger partial charge in [-0.3, -0.25) is 0 Å². The van der Waals surface area contributed by atoms with Crippen molar-refractivity contribution in [3.63, 3.8) is 0 Å². The second-order valence-electron chi connectivity index (χ2n) is 6.61. The second-order valence-corrected chi connectivity index (χ2v) is 6.61. The number of hydrogen-bond acceptors (Lipinski definition) is 8. The van der Waals surface area contributed by atoms with E-state index < -0.39 is 5.97 Å². The SMILES string of the molecule is COc1cc(C(=O)OCc2nc3ccccc3o2)ccc1OCc1c(C)noc1C. The molecule has 0 amide bonds. The number of rotatable bonds is 7. The van der Waals surface area contributed by atoms with Crippen molar-refractivity contribution in [2.24, 2.45) is 0 Å². The molecule has 0 aliphatic heterocycles. The van der Waals surface area contributed by atoms with E-state index in [1.165, 1.54) is 7.11 Å². The Kier molecular flexibility index (Phi) is 5.38. The Balaban J connectivity index is 1.42. The van der Waals surface area contributed by atoms with Crippen molar-refractivity contribution in [3.05, 3.63) is 70.9 Å². The number of carbonyl (C=O) groups excluding carboxylic acids is 1. The first-order chi connectivity index (χ1) is 14.5. The molecule has 0 fully saturated rings. The molecule has 8 nitrogen and oxygen atoms in total. The quantitative estimate of drug-likeness (QED) is 0.416. The van der Waals surface area contributed by atoms with Crippen LogP contribution in [0.4, 0.5) is 0 Å². The van der Waals surface area contributed by atoms with Gasteiger partial charge in [0.05, 0.1) is 23.9 Å². The summed E-state index contributed by atoms with van der Waals surface area (Å²) in [5.74, 6) is 1.42. The van der Waals surface area contributed by atoms with Gasteiger partial charge in [-0.25, -0.2) is 9.78 Å². The molecular weight excluding hydrogens is 388 g/mol. The largest absolute Gasteiger partial charge is 0.493 e. The van der Waals surface area contributed by atoms with Crippen molar-refractivity contribution in [3.8, 4) is 11.5 Å². The lowest BCUT2D eigenvalue weighted by Crippen LogP contribution is -2.06. The molecule has 154 valence electrons. The van der Waals surface area contributed by atoms with Crippen molar-refractivity contribution in [1.82, 2.24) is 10.1 Å². The molecule has 0 radical (unpaired) electrons. The third-order valence-electron chi connectivity index (χ3n) is 4.62. The summed E-state index contributed by atoms with van der Waals surface area (Å²) in [7, 11) is 1.51. The number of carbonyl (C=O) groups is 1. The molecule has 2 aromatic carbocycles. The molecule has 2 heterocycles. The second kappa shape index (κ2) is 8.28. The van der Waals surface area contributed by atoms with E-state index in [0.717, 1.165) is 11.3 Å². The molecular formula is C22H20N2O6. The Morgan fingerprint density at radius 1 is 1.07 bits per heavy atom.